The first kappa shape index (κ1) is 7.28. The predicted molar refractivity (Wildman–Crippen MR) is 45.9 cm³/mol. The third-order valence-corrected chi connectivity index (χ3v) is 2.11. The summed E-state index contributed by atoms with van der Waals surface area (Å²) in [6, 6.07) is 1.96. The number of carbonyl (C=O) groups is 1. The number of fused-ring (bicyclic) bond motifs is 1. The van der Waals surface area contributed by atoms with Gasteiger partial charge in [0.05, 0.1) is 11.4 Å². The Morgan fingerprint density at radius 3 is 3.17 bits per heavy atom. The summed E-state index contributed by atoms with van der Waals surface area (Å²) in [6.45, 7) is 1.91. The number of carbonyl (C=O) groups excluding carboxylic acids is 1. The second kappa shape index (κ2) is 2.59. The number of aromatic nitrogens is 1. The fourth-order valence-electron chi connectivity index (χ4n) is 1.45. The number of hydrogen-bond acceptors (Lipinski definition) is 2. The average Bonchev–Trinajstić information content (AvgIpc) is 2.07. The predicted octanol–water partition coefficient (Wildman–Crippen LogP) is 1.27. The fraction of sp³-hybridized carbons (Fsp3) is 0.333. The number of hydrogen-bond donors (Lipinski definition) is 1. The van der Waals surface area contributed by atoms with E-state index in [9.17, 15) is 4.79 Å². The van der Waals surface area contributed by atoms with E-state index in [-0.39, 0.29) is 5.91 Å². The summed E-state index contributed by atoms with van der Waals surface area (Å²) in [5.74, 6) is 0.0959. The molecule has 2 heterocycles. The summed E-state index contributed by atoms with van der Waals surface area (Å²) in [4.78, 5) is 15.2. The molecule has 0 fully saturated rings. The van der Waals surface area contributed by atoms with Gasteiger partial charge in [-0.15, -0.1) is 0 Å². The van der Waals surface area contributed by atoms with E-state index in [0.717, 1.165) is 17.8 Å². The lowest BCUT2D eigenvalue weighted by molar-refractivity contribution is -0.116. The summed E-state index contributed by atoms with van der Waals surface area (Å²) in [7, 11) is 0. The molecule has 0 atom stereocenters. The van der Waals surface area contributed by atoms with Crippen LogP contribution < -0.4 is 5.32 Å². The molecule has 1 aromatic heterocycles. The normalized spacial score (nSPS) is 15.2. The van der Waals surface area contributed by atoms with E-state index in [1.165, 1.54) is 5.56 Å². The highest BCUT2D eigenvalue weighted by Gasteiger charge is 2.15. The number of aryl methyl sites for hydroxylation is 2. The molecule has 3 nitrogen and oxygen atoms in total. The lowest BCUT2D eigenvalue weighted by atomic mass is 10.0. The van der Waals surface area contributed by atoms with E-state index in [4.69, 9.17) is 0 Å². The summed E-state index contributed by atoms with van der Waals surface area (Å²) in [5.41, 5.74) is 3.01. The minimum absolute atomic E-state index is 0.0959. The van der Waals surface area contributed by atoms with Crippen LogP contribution in [-0.4, -0.2) is 10.9 Å². The number of nitrogens with one attached hydrogen (secondary N) is 1. The Labute approximate surface area is 70.8 Å². The van der Waals surface area contributed by atoms with Crippen molar-refractivity contribution in [2.45, 2.75) is 19.8 Å². The third kappa shape index (κ3) is 1.07. The van der Waals surface area contributed by atoms with Crippen molar-refractivity contribution >= 4 is 11.6 Å². The molecule has 12 heavy (non-hydrogen) atoms. The van der Waals surface area contributed by atoms with Crippen molar-refractivity contribution in [2.24, 2.45) is 0 Å². The molecule has 0 unspecified atom stereocenters. The molecule has 2 rings (SSSR count). The van der Waals surface area contributed by atoms with Gasteiger partial charge in [-0.05, 0) is 25.0 Å². The Hall–Kier alpha value is -1.38. The van der Waals surface area contributed by atoms with Crippen molar-refractivity contribution in [1.29, 1.82) is 0 Å². The third-order valence-electron chi connectivity index (χ3n) is 2.11. The van der Waals surface area contributed by atoms with Crippen LogP contribution >= 0.6 is 0 Å². The van der Waals surface area contributed by atoms with Crippen molar-refractivity contribution in [3.05, 3.63) is 23.5 Å². The van der Waals surface area contributed by atoms with E-state index in [1.54, 1.807) is 6.20 Å². The van der Waals surface area contributed by atoms with Crippen LogP contribution in [0.2, 0.25) is 0 Å². The van der Waals surface area contributed by atoms with E-state index in [1.807, 2.05) is 13.0 Å². The zero-order valence-electron chi connectivity index (χ0n) is 6.92. The van der Waals surface area contributed by atoms with Crippen LogP contribution in [0.4, 0.5) is 5.69 Å². The number of rotatable bonds is 0. The van der Waals surface area contributed by atoms with Crippen molar-refractivity contribution in [3.8, 4) is 0 Å². The fourth-order valence-corrected chi connectivity index (χ4v) is 1.45. The minimum Gasteiger partial charge on any atom is -0.324 e. The summed E-state index contributed by atoms with van der Waals surface area (Å²) in [5, 5.41) is 2.83. The number of pyridine rings is 1. The Morgan fingerprint density at radius 2 is 2.33 bits per heavy atom. The maximum Gasteiger partial charge on any atom is 0.224 e. The molecule has 62 valence electrons. The second-order valence-corrected chi connectivity index (χ2v) is 2.98. The Bertz CT molecular complexity index is 333. The topological polar surface area (TPSA) is 42.0 Å². The van der Waals surface area contributed by atoms with Gasteiger partial charge in [0.25, 0.3) is 0 Å². The van der Waals surface area contributed by atoms with E-state index >= 15 is 0 Å². The molecule has 0 spiro atoms. The molecule has 0 aromatic carbocycles. The van der Waals surface area contributed by atoms with Crippen LogP contribution in [0.3, 0.4) is 0 Å². The van der Waals surface area contributed by atoms with Gasteiger partial charge in [0.15, 0.2) is 0 Å². The molecular formula is C9H10N2O. The van der Waals surface area contributed by atoms with Crippen LogP contribution in [0.15, 0.2) is 12.3 Å². The maximum atomic E-state index is 11.0. The smallest absolute Gasteiger partial charge is 0.224 e. The Kier molecular flexibility index (Phi) is 1.57. The van der Waals surface area contributed by atoms with Crippen molar-refractivity contribution in [1.82, 2.24) is 4.98 Å². The lowest BCUT2D eigenvalue weighted by Crippen LogP contribution is -2.20. The first-order valence-corrected chi connectivity index (χ1v) is 4.02. The van der Waals surface area contributed by atoms with Crippen LogP contribution in [0.25, 0.3) is 0 Å². The van der Waals surface area contributed by atoms with Gasteiger partial charge in [-0.1, -0.05) is 0 Å². The summed E-state index contributed by atoms with van der Waals surface area (Å²) < 4.78 is 0. The van der Waals surface area contributed by atoms with Crippen LogP contribution in [0, 0.1) is 6.92 Å². The molecule has 0 saturated carbocycles. The molecule has 3 heteroatoms. The van der Waals surface area contributed by atoms with Crippen LogP contribution in [0.1, 0.15) is 17.7 Å². The summed E-state index contributed by atoms with van der Waals surface area (Å²) in [6.07, 6.45) is 3.21. The number of anilines is 1. The molecule has 0 bridgehead atoms. The highest BCUT2D eigenvalue weighted by atomic mass is 16.1. The zero-order chi connectivity index (χ0) is 8.55. The van der Waals surface area contributed by atoms with Gasteiger partial charge >= 0.3 is 0 Å². The molecule has 0 radical (unpaired) electrons. The minimum atomic E-state index is 0.0959. The van der Waals surface area contributed by atoms with E-state index < -0.39 is 0 Å². The standard InChI is InChI=1S/C9H10N2O/c1-6-9-7(4-5-10-6)2-3-8(12)11-9/h4-5H,2-3H2,1H3,(H,11,12). The van der Waals surface area contributed by atoms with Crippen molar-refractivity contribution in [3.63, 3.8) is 0 Å². The molecule has 0 saturated heterocycles. The quantitative estimate of drug-likeness (QED) is 0.624. The lowest BCUT2D eigenvalue weighted by Gasteiger charge is -2.17. The molecule has 1 aliphatic heterocycles. The largest absolute Gasteiger partial charge is 0.324 e. The van der Waals surface area contributed by atoms with Crippen molar-refractivity contribution in [2.75, 3.05) is 5.32 Å². The molecular weight excluding hydrogens is 152 g/mol. The van der Waals surface area contributed by atoms with Gasteiger partial charge in [-0.3, -0.25) is 9.78 Å². The first-order valence-electron chi connectivity index (χ1n) is 4.02. The highest BCUT2D eigenvalue weighted by molar-refractivity contribution is 5.94. The summed E-state index contributed by atoms with van der Waals surface area (Å²) >= 11 is 0. The monoisotopic (exact) mass is 162 g/mol. The van der Waals surface area contributed by atoms with Gasteiger partial charge in [0, 0.05) is 12.6 Å². The Morgan fingerprint density at radius 1 is 1.50 bits per heavy atom. The van der Waals surface area contributed by atoms with E-state index in [0.29, 0.717) is 6.42 Å². The first-order chi connectivity index (χ1) is 5.77. The maximum absolute atomic E-state index is 11.0. The van der Waals surface area contributed by atoms with Gasteiger partial charge in [0.1, 0.15) is 0 Å². The number of nitrogens with zero attached hydrogens (tertiary/aromatic N) is 1. The van der Waals surface area contributed by atoms with Gasteiger partial charge in [-0.2, -0.15) is 0 Å². The Balaban J connectivity index is 2.50. The SMILES string of the molecule is Cc1nccc2c1NC(=O)CC2. The van der Waals surface area contributed by atoms with Crippen molar-refractivity contribution < 1.29 is 4.79 Å². The van der Waals surface area contributed by atoms with Crippen LogP contribution in [-0.2, 0) is 11.2 Å². The van der Waals surface area contributed by atoms with Gasteiger partial charge in [0.2, 0.25) is 5.91 Å². The molecule has 1 aliphatic rings. The second-order valence-electron chi connectivity index (χ2n) is 2.98. The van der Waals surface area contributed by atoms with Crippen LogP contribution in [0.5, 0.6) is 0 Å². The van der Waals surface area contributed by atoms with Gasteiger partial charge in [-0.25, -0.2) is 0 Å². The molecule has 0 aliphatic carbocycles. The molecule has 1 N–H and O–H groups in total. The van der Waals surface area contributed by atoms with Gasteiger partial charge < -0.3 is 5.32 Å². The molecule has 1 aromatic rings. The van der Waals surface area contributed by atoms with E-state index in [2.05, 4.69) is 10.3 Å². The zero-order valence-corrected chi connectivity index (χ0v) is 6.92. The average molecular weight is 162 g/mol. The number of amides is 1. The molecule has 1 amide bonds. The highest BCUT2D eigenvalue weighted by Crippen LogP contribution is 2.23.